The number of amides is 1. The minimum absolute atomic E-state index is 0.00811. The highest BCUT2D eigenvalue weighted by atomic mass is 35.5. The molecule has 1 aromatic carbocycles. The van der Waals surface area contributed by atoms with E-state index in [-0.39, 0.29) is 17.9 Å². The van der Waals surface area contributed by atoms with E-state index in [2.05, 4.69) is 43.4 Å². The van der Waals surface area contributed by atoms with Crippen molar-refractivity contribution in [1.29, 1.82) is 0 Å². The van der Waals surface area contributed by atoms with Crippen LogP contribution in [-0.4, -0.2) is 11.8 Å². The lowest BCUT2D eigenvalue weighted by Crippen LogP contribution is -2.32. The van der Waals surface area contributed by atoms with Gasteiger partial charge in [0.05, 0.1) is 6.04 Å². The summed E-state index contributed by atoms with van der Waals surface area (Å²) in [4.78, 5) is 11.8. The molecule has 0 aliphatic carbocycles. The number of rotatable bonds is 6. The maximum absolute atomic E-state index is 11.8. The molecule has 2 nitrogen and oxygen atoms in total. The van der Waals surface area contributed by atoms with Gasteiger partial charge in [-0.25, -0.2) is 0 Å². The van der Waals surface area contributed by atoms with Gasteiger partial charge in [-0.3, -0.25) is 4.79 Å². The highest BCUT2D eigenvalue weighted by molar-refractivity contribution is 6.19. The molecule has 0 aliphatic heterocycles. The molecule has 2 unspecified atom stereocenters. The van der Waals surface area contributed by atoms with Gasteiger partial charge in [-0.1, -0.05) is 45.0 Å². The Morgan fingerprint density at radius 1 is 1.16 bits per heavy atom. The summed E-state index contributed by atoms with van der Waals surface area (Å²) in [6, 6.07) is 8.49. The zero-order valence-electron chi connectivity index (χ0n) is 12.2. The van der Waals surface area contributed by atoms with Gasteiger partial charge in [0.15, 0.2) is 0 Å². The predicted octanol–water partition coefficient (Wildman–Crippen LogP) is 3.94. The smallest absolute Gasteiger partial charge is 0.224 e. The van der Waals surface area contributed by atoms with Crippen molar-refractivity contribution >= 4 is 17.5 Å². The number of halogens is 1. The molecule has 106 valence electrons. The Kier molecular flexibility index (Phi) is 6.36. The quantitative estimate of drug-likeness (QED) is 0.786. The molecule has 0 spiro atoms. The number of benzene rings is 1. The standard InChI is InChI=1S/C16H24ClNO/c1-11(2)9-14-5-7-15(8-6-14)13(4)18-16(19)12(3)10-17/h5-8,11-13H,9-10H2,1-4H3,(H,18,19). The van der Waals surface area contributed by atoms with Gasteiger partial charge < -0.3 is 5.32 Å². The van der Waals surface area contributed by atoms with E-state index in [4.69, 9.17) is 11.6 Å². The largest absolute Gasteiger partial charge is 0.349 e. The number of alkyl halides is 1. The van der Waals surface area contributed by atoms with Crippen LogP contribution in [0.5, 0.6) is 0 Å². The van der Waals surface area contributed by atoms with Gasteiger partial charge in [-0.2, -0.15) is 0 Å². The fourth-order valence-corrected chi connectivity index (χ4v) is 2.06. The first-order chi connectivity index (χ1) is 8.93. The fraction of sp³-hybridized carbons (Fsp3) is 0.562. The van der Waals surface area contributed by atoms with Crippen molar-refractivity contribution in [3.05, 3.63) is 35.4 Å². The van der Waals surface area contributed by atoms with Gasteiger partial charge in [-0.15, -0.1) is 11.6 Å². The lowest BCUT2D eigenvalue weighted by molar-refractivity contribution is -0.124. The van der Waals surface area contributed by atoms with E-state index in [1.807, 2.05) is 13.8 Å². The van der Waals surface area contributed by atoms with E-state index < -0.39 is 0 Å². The number of hydrogen-bond donors (Lipinski definition) is 1. The molecular formula is C16H24ClNO. The molecule has 0 heterocycles. The van der Waals surface area contributed by atoms with Gasteiger partial charge in [-0.05, 0) is 30.4 Å². The van der Waals surface area contributed by atoms with Crippen LogP contribution in [0.4, 0.5) is 0 Å². The third-order valence-corrected chi connectivity index (χ3v) is 3.62. The van der Waals surface area contributed by atoms with Crippen molar-refractivity contribution in [1.82, 2.24) is 5.32 Å². The SMILES string of the molecule is CC(C)Cc1ccc(C(C)NC(=O)C(C)CCl)cc1. The summed E-state index contributed by atoms with van der Waals surface area (Å²) >= 11 is 5.68. The van der Waals surface area contributed by atoms with Gasteiger partial charge in [0.1, 0.15) is 0 Å². The summed E-state index contributed by atoms with van der Waals surface area (Å²) in [5.41, 5.74) is 2.47. The van der Waals surface area contributed by atoms with Crippen molar-refractivity contribution in [3.63, 3.8) is 0 Å². The van der Waals surface area contributed by atoms with Crippen LogP contribution in [-0.2, 0) is 11.2 Å². The first-order valence-electron chi connectivity index (χ1n) is 6.89. The summed E-state index contributed by atoms with van der Waals surface area (Å²) in [5, 5.41) is 2.98. The average molecular weight is 282 g/mol. The zero-order chi connectivity index (χ0) is 14.4. The van der Waals surface area contributed by atoms with Crippen molar-refractivity contribution < 1.29 is 4.79 Å². The van der Waals surface area contributed by atoms with Gasteiger partial charge >= 0.3 is 0 Å². The second-order valence-corrected chi connectivity index (χ2v) is 5.93. The van der Waals surface area contributed by atoms with Crippen molar-refractivity contribution in [3.8, 4) is 0 Å². The molecule has 1 aromatic rings. The Hall–Kier alpha value is -1.02. The Labute approximate surface area is 121 Å². The van der Waals surface area contributed by atoms with Crippen LogP contribution in [0.1, 0.15) is 44.9 Å². The van der Waals surface area contributed by atoms with Crippen LogP contribution in [0.15, 0.2) is 24.3 Å². The lowest BCUT2D eigenvalue weighted by Gasteiger charge is -2.17. The van der Waals surface area contributed by atoms with Gasteiger partial charge in [0.25, 0.3) is 0 Å². The maximum atomic E-state index is 11.8. The molecule has 0 aliphatic rings. The first kappa shape index (κ1) is 16.0. The van der Waals surface area contributed by atoms with Crippen LogP contribution in [0.3, 0.4) is 0 Å². The van der Waals surface area contributed by atoms with Crippen LogP contribution in [0, 0.1) is 11.8 Å². The second-order valence-electron chi connectivity index (χ2n) is 5.63. The molecule has 2 atom stereocenters. The number of hydrogen-bond acceptors (Lipinski definition) is 1. The Bertz CT molecular complexity index is 400. The molecule has 0 saturated carbocycles. The summed E-state index contributed by atoms with van der Waals surface area (Å²) in [6.07, 6.45) is 1.09. The van der Waals surface area contributed by atoms with Crippen molar-refractivity contribution in [2.75, 3.05) is 5.88 Å². The molecule has 0 bridgehead atoms. The minimum atomic E-state index is -0.149. The number of nitrogens with one attached hydrogen (secondary N) is 1. The molecular weight excluding hydrogens is 258 g/mol. The fourth-order valence-electron chi connectivity index (χ4n) is 1.92. The minimum Gasteiger partial charge on any atom is -0.349 e. The predicted molar refractivity (Wildman–Crippen MR) is 81.4 cm³/mol. The molecule has 0 aromatic heterocycles. The molecule has 19 heavy (non-hydrogen) atoms. The molecule has 3 heteroatoms. The third kappa shape index (κ3) is 5.23. The third-order valence-electron chi connectivity index (χ3n) is 3.16. The van der Waals surface area contributed by atoms with Crippen LogP contribution in [0.25, 0.3) is 0 Å². The molecule has 1 N–H and O–H groups in total. The van der Waals surface area contributed by atoms with E-state index in [1.54, 1.807) is 0 Å². The summed E-state index contributed by atoms with van der Waals surface area (Å²) in [7, 11) is 0. The monoisotopic (exact) mass is 281 g/mol. The lowest BCUT2D eigenvalue weighted by atomic mass is 9.99. The normalized spacial score (nSPS) is 14.2. The zero-order valence-corrected chi connectivity index (χ0v) is 13.0. The van der Waals surface area contributed by atoms with Gasteiger partial charge in [0.2, 0.25) is 5.91 Å². The van der Waals surface area contributed by atoms with Gasteiger partial charge in [0, 0.05) is 11.8 Å². The van der Waals surface area contributed by atoms with Crippen molar-refractivity contribution in [2.45, 2.75) is 40.2 Å². The molecule has 1 rings (SSSR count). The highest BCUT2D eigenvalue weighted by Crippen LogP contribution is 2.16. The van der Waals surface area contributed by atoms with E-state index in [1.165, 1.54) is 5.56 Å². The van der Waals surface area contributed by atoms with E-state index in [0.717, 1.165) is 12.0 Å². The molecule has 0 saturated heterocycles. The number of carbonyl (C=O) groups is 1. The topological polar surface area (TPSA) is 29.1 Å². The second kappa shape index (κ2) is 7.54. The Morgan fingerprint density at radius 3 is 2.21 bits per heavy atom. The summed E-state index contributed by atoms with van der Waals surface area (Å²) < 4.78 is 0. The van der Waals surface area contributed by atoms with Crippen LogP contribution < -0.4 is 5.32 Å². The molecule has 1 amide bonds. The average Bonchev–Trinajstić information content (AvgIpc) is 2.37. The molecule has 0 radical (unpaired) electrons. The van der Waals surface area contributed by atoms with Crippen LogP contribution >= 0.6 is 11.6 Å². The molecule has 0 fully saturated rings. The van der Waals surface area contributed by atoms with E-state index in [9.17, 15) is 4.79 Å². The van der Waals surface area contributed by atoms with E-state index in [0.29, 0.717) is 11.8 Å². The van der Waals surface area contributed by atoms with Crippen LogP contribution in [0.2, 0.25) is 0 Å². The van der Waals surface area contributed by atoms with E-state index >= 15 is 0 Å². The number of carbonyl (C=O) groups excluding carboxylic acids is 1. The highest BCUT2D eigenvalue weighted by Gasteiger charge is 2.15. The Morgan fingerprint density at radius 2 is 1.74 bits per heavy atom. The summed E-state index contributed by atoms with van der Waals surface area (Å²) in [5.74, 6) is 0.872. The first-order valence-corrected chi connectivity index (χ1v) is 7.42. The summed E-state index contributed by atoms with van der Waals surface area (Å²) in [6.45, 7) is 8.26. The van der Waals surface area contributed by atoms with Crippen molar-refractivity contribution in [2.24, 2.45) is 11.8 Å². The maximum Gasteiger partial charge on any atom is 0.224 e. The Balaban J connectivity index is 2.62.